The summed E-state index contributed by atoms with van der Waals surface area (Å²) in [6.45, 7) is 3.34. The Bertz CT molecular complexity index is 528. The molecule has 2 nitrogen and oxygen atoms in total. The van der Waals surface area contributed by atoms with E-state index in [2.05, 4.69) is 39.5 Å². The zero-order chi connectivity index (χ0) is 13.1. The maximum atomic E-state index is 5.77. The first-order valence-electron chi connectivity index (χ1n) is 6.63. The molecule has 0 aliphatic carbocycles. The molecule has 0 radical (unpaired) electrons. The summed E-state index contributed by atoms with van der Waals surface area (Å²) in [5, 5.41) is 3.28. The monoisotopic (exact) mass is 292 g/mol. The summed E-state index contributed by atoms with van der Waals surface area (Å²) in [5.41, 5.74) is 3.98. The van der Waals surface area contributed by atoms with Gasteiger partial charge in [-0.25, -0.2) is 4.98 Å². The average Bonchev–Trinajstić information content (AvgIpc) is 3.04. The number of alkyl halides is 1. The number of nitrogens with zero attached hydrogens (tertiary/aromatic N) is 2. The van der Waals surface area contributed by atoms with Crippen LogP contribution in [0.15, 0.2) is 29.6 Å². The number of rotatable bonds is 5. The van der Waals surface area contributed by atoms with Crippen molar-refractivity contribution in [3.05, 3.63) is 51.5 Å². The first-order valence-corrected chi connectivity index (χ1v) is 8.05. The molecule has 1 aliphatic heterocycles. The highest BCUT2D eigenvalue weighted by Crippen LogP contribution is 2.22. The zero-order valence-electron chi connectivity index (χ0n) is 10.8. The van der Waals surface area contributed by atoms with Crippen LogP contribution in [0.25, 0.3) is 0 Å². The minimum absolute atomic E-state index is 0.526. The van der Waals surface area contributed by atoms with Gasteiger partial charge in [-0.3, -0.25) is 4.90 Å². The van der Waals surface area contributed by atoms with Crippen LogP contribution in [-0.2, 0) is 25.4 Å². The van der Waals surface area contributed by atoms with E-state index in [0.29, 0.717) is 5.88 Å². The van der Waals surface area contributed by atoms with Gasteiger partial charge in [0.2, 0.25) is 0 Å². The molecule has 2 heterocycles. The lowest BCUT2D eigenvalue weighted by molar-refractivity contribution is 0.280. The second kappa shape index (κ2) is 6.04. The Kier molecular flexibility index (Phi) is 4.16. The van der Waals surface area contributed by atoms with E-state index < -0.39 is 0 Å². The Hall–Kier alpha value is -0.900. The molecule has 1 aromatic heterocycles. The van der Waals surface area contributed by atoms with Crippen molar-refractivity contribution in [3.8, 4) is 0 Å². The Morgan fingerprint density at radius 2 is 1.95 bits per heavy atom. The standard InChI is InChI=1S/C15H17ClN2S/c16-8-14-11-19-15(17-14)6-3-7-18-9-12-4-1-2-5-13(12)10-18/h1-2,4-5,11H,3,6-10H2. The first-order chi connectivity index (χ1) is 9.35. The molecule has 0 bridgehead atoms. The van der Waals surface area contributed by atoms with Gasteiger partial charge in [0.15, 0.2) is 0 Å². The third kappa shape index (κ3) is 3.16. The fourth-order valence-corrected chi connectivity index (χ4v) is 3.61. The molecule has 0 unspecified atom stereocenters. The van der Waals surface area contributed by atoms with Crippen molar-refractivity contribution in [2.75, 3.05) is 6.54 Å². The van der Waals surface area contributed by atoms with E-state index in [-0.39, 0.29) is 0 Å². The molecule has 1 aromatic carbocycles. The SMILES string of the molecule is ClCc1csc(CCCN2Cc3ccccc3C2)n1. The maximum absolute atomic E-state index is 5.77. The molecule has 19 heavy (non-hydrogen) atoms. The normalized spacial score (nSPS) is 14.8. The molecule has 100 valence electrons. The second-order valence-electron chi connectivity index (χ2n) is 4.95. The molecular formula is C15H17ClN2S. The molecule has 3 rings (SSSR count). The number of halogens is 1. The number of hydrogen-bond donors (Lipinski definition) is 0. The number of hydrogen-bond acceptors (Lipinski definition) is 3. The molecule has 0 atom stereocenters. The van der Waals surface area contributed by atoms with Crippen LogP contribution in [0.4, 0.5) is 0 Å². The fraction of sp³-hybridized carbons (Fsp3) is 0.400. The molecule has 4 heteroatoms. The Morgan fingerprint density at radius 3 is 2.58 bits per heavy atom. The highest BCUT2D eigenvalue weighted by Gasteiger charge is 2.17. The highest BCUT2D eigenvalue weighted by molar-refractivity contribution is 7.09. The van der Waals surface area contributed by atoms with Crippen molar-refractivity contribution in [1.82, 2.24) is 9.88 Å². The Morgan fingerprint density at radius 1 is 1.21 bits per heavy atom. The van der Waals surface area contributed by atoms with Crippen molar-refractivity contribution in [2.24, 2.45) is 0 Å². The van der Waals surface area contributed by atoms with Crippen LogP contribution in [0.2, 0.25) is 0 Å². The summed E-state index contributed by atoms with van der Waals surface area (Å²) in [7, 11) is 0. The van der Waals surface area contributed by atoms with Gasteiger partial charge in [-0.15, -0.1) is 22.9 Å². The highest BCUT2D eigenvalue weighted by atomic mass is 35.5. The average molecular weight is 293 g/mol. The van der Waals surface area contributed by atoms with E-state index in [1.165, 1.54) is 22.6 Å². The quantitative estimate of drug-likeness (QED) is 0.779. The minimum atomic E-state index is 0.526. The van der Waals surface area contributed by atoms with Crippen molar-refractivity contribution >= 4 is 22.9 Å². The van der Waals surface area contributed by atoms with E-state index >= 15 is 0 Å². The number of thiazole rings is 1. The van der Waals surface area contributed by atoms with E-state index in [9.17, 15) is 0 Å². The van der Waals surface area contributed by atoms with Crippen molar-refractivity contribution in [1.29, 1.82) is 0 Å². The summed E-state index contributed by atoms with van der Waals surface area (Å²) in [4.78, 5) is 7.02. The van der Waals surface area contributed by atoms with Crippen LogP contribution in [0.5, 0.6) is 0 Å². The molecule has 0 fully saturated rings. The summed E-state index contributed by atoms with van der Waals surface area (Å²) < 4.78 is 0. The second-order valence-corrected chi connectivity index (χ2v) is 6.16. The van der Waals surface area contributed by atoms with Gasteiger partial charge in [-0.2, -0.15) is 0 Å². The van der Waals surface area contributed by atoms with E-state index in [1.807, 2.05) is 0 Å². The number of benzene rings is 1. The topological polar surface area (TPSA) is 16.1 Å². The lowest BCUT2D eigenvalue weighted by atomic mass is 10.1. The lowest BCUT2D eigenvalue weighted by Crippen LogP contribution is -2.18. The summed E-state index contributed by atoms with van der Waals surface area (Å²) in [5.74, 6) is 0.526. The summed E-state index contributed by atoms with van der Waals surface area (Å²) >= 11 is 7.50. The molecule has 0 saturated heterocycles. The van der Waals surface area contributed by atoms with Gasteiger partial charge in [-0.1, -0.05) is 24.3 Å². The van der Waals surface area contributed by atoms with Gasteiger partial charge in [-0.05, 0) is 24.1 Å². The Balaban J connectivity index is 1.47. The van der Waals surface area contributed by atoms with Gasteiger partial charge in [0.25, 0.3) is 0 Å². The third-order valence-corrected chi connectivity index (χ3v) is 4.74. The molecule has 0 spiro atoms. The molecule has 0 amide bonds. The van der Waals surface area contributed by atoms with Crippen molar-refractivity contribution in [2.45, 2.75) is 31.8 Å². The molecule has 0 N–H and O–H groups in total. The van der Waals surface area contributed by atoms with Crippen LogP contribution in [-0.4, -0.2) is 16.4 Å². The van der Waals surface area contributed by atoms with Crippen molar-refractivity contribution in [3.63, 3.8) is 0 Å². The number of aryl methyl sites for hydroxylation is 1. The van der Waals surface area contributed by atoms with E-state index in [4.69, 9.17) is 11.6 Å². The molecule has 0 saturated carbocycles. The molecule has 1 aliphatic rings. The predicted octanol–water partition coefficient (Wildman–Crippen LogP) is 3.83. The molecular weight excluding hydrogens is 276 g/mol. The maximum Gasteiger partial charge on any atom is 0.0929 e. The van der Waals surface area contributed by atoms with Crippen LogP contribution < -0.4 is 0 Å². The van der Waals surface area contributed by atoms with Gasteiger partial charge >= 0.3 is 0 Å². The largest absolute Gasteiger partial charge is 0.295 e. The first kappa shape index (κ1) is 13.1. The van der Waals surface area contributed by atoms with Crippen molar-refractivity contribution < 1.29 is 0 Å². The Labute approximate surface area is 123 Å². The lowest BCUT2D eigenvalue weighted by Gasteiger charge is -2.13. The minimum Gasteiger partial charge on any atom is -0.295 e. The van der Waals surface area contributed by atoms with Crippen LogP contribution in [0.3, 0.4) is 0 Å². The van der Waals surface area contributed by atoms with Crippen LogP contribution in [0, 0.1) is 0 Å². The van der Waals surface area contributed by atoms with E-state index in [0.717, 1.165) is 31.7 Å². The van der Waals surface area contributed by atoms with E-state index in [1.54, 1.807) is 11.3 Å². The van der Waals surface area contributed by atoms with Gasteiger partial charge in [0, 0.05) is 24.9 Å². The smallest absolute Gasteiger partial charge is 0.0929 e. The van der Waals surface area contributed by atoms with Crippen LogP contribution in [0.1, 0.15) is 28.2 Å². The number of fused-ring (bicyclic) bond motifs is 1. The fourth-order valence-electron chi connectivity index (χ4n) is 2.54. The van der Waals surface area contributed by atoms with Gasteiger partial charge < -0.3 is 0 Å². The van der Waals surface area contributed by atoms with Gasteiger partial charge in [0.05, 0.1) is 16.6 Å². The summed E-state index contributed by atoms with van der Waals surface area (Å²) in [6, 6.07) is 8.74. The predicted molar refractivity (Wildman–Crippen MR) is 80.5 cm³/mol. The van der Waals surface area contributed by atoms with Gasteiger partial charge in [0.1, 0.15) is 0 Å². The number of aromatic nitrogens is 1. The van der Waals surface area contributed by atoms with Crippen LogP contribution >= 0.6 is 22.9 Å². The third-order valence-electron chi connectivity index (χ3n) is 3.51. The summed E-state index contributed by atoms with van der Waals surface area (Å²) in [6.07, 6.45) is 2.23. The zero-order valence-corrected chi connectivity index (χ0v) is 12.4. The molecule has 2 aromatic rings.